The second-order valence-electron chi connectivity index (χ2n) is 6.41. The number of rotatable bonds is 7. The number of para-hydroxylation sites is 1. The Hall–Kier alpha value is -2.69. The maximum absolute atomic E-state index is 12.2. The van der Waals surface area contributed by atoms with Crippen molar-refractivity contribution in [3.8, 4) is 5.69 Å². The SMILES string of the molecule is Cc1ccccc1-n1c(C)nnc1SCC(=O)NCc1ccc(S(N)(=O)=O)cc1. The highest BCUT2D eigenvalue weighted by molar-refractivity contribution is 7.99. The summed E-state index contributed by atoms with van der Waals surface area (Å²) >= 11 is 1.30. The van der Waals surface area contributed by atoms with E-state index in [4.69, 9.17) is 5.14 Å². The number of hydrogen-bond acceptors (Lipinski definition) is 6. The number of nitrogens with zero attached hydrogens (tertiary/aromatic N) is 3. The monoisotopic (exact) mass is 431 g/mol. The number of thioether (sulfide) groups is 1. The maximum atomic E-state index is 12.2. The fourth-order valence-electron chi connectivity index (χ4n) is 2.71. The van der Waals surface area contributed by atoms with Gasteiger partial charge < -0.3 is 5.32 Å². The number of carbonyl (C=O) groups excluding carboxylic acids is 1. The summed E-state index contributed by atoms with van der Waals surface area (Å²) in [5.41, 5.74) is 2.84. The standard InChI is InChI=1S/C19H21N5O3S2/c1-13-5-3-4-6-17(13)24-14(2)22-23-19(24)28-12-18(25)21-11-15-7-9-16(10-8-15)29(20,26)27/h3-10H,11-12H2,1-2H3,(H,21,25)(H2,20,26,27). The van der Waals surface area contributed by atoms with Gasteiger partial charge in [-0.05, 0) is 43.2 Å². The van der Waals surface area contributed by atoms with Crippen molar-refractivity contribution in [2.75, 3.05) is 5.75 Å². The Kier molecular flexibility index (Phi) is 6.36. The van der Waals surface area contributed by atoms with Crippen LogP contribution in [0.2, 0.25) is 0 Å². The quantitative estimate of drug-likeness (QED) is 0.552. The lowest BCUT2D eigenvalue weighted by Gasteiger charge is -2.11. The van der Waals surface area contributed by atoms with Crippen LogP contribution >= 0.6 is 11.8 Å². The molecule has 0 aliphatic carbocycles. The van der Waals surface area contributed by atoms with Crippen molar-refractivity contribution < 1.29 is 13.2 Å². The van der Waals surface area contributed by atoms with Crippen LogP contribution in [-0.4, -0.2) is 34.8 Å². The Morgan fingerprint density at radius 3 is 2.45 bits per heavy atom. The number of sulfonamides is 1. The normalized spacial score (nSPS) is 11.4. The first-order chi connectivity index (χ1) is 13.8. The van der Waals surface area contributed by atoms with Crippen molar-refractivity contribution in [2.45, 2.75) is 30.4 Å². The first kappa shape index (κ1) is 21.0. The van der Waals surface area contributed by atoms with Crippen molar-refractivity contribution in [3.63, 3.8) is 0 Å². The van der Waals surface area contributed by atoms with E-state index in [0.29, 0.717) is 5.16 Å². The molecule has 0 saturated carbocycles. The van der Waals surface area contributed by atoms with Crippen LogP contribution in [0.25, 0.3) is 5.69 Å². The number of nitrogens with one attached hydrogen (secondary N) is 1. The highest BCUT2D eigenvalue weighted by Crippen LogP contribution is 2.23. The summed E-state index contributed by atoms with van der Waals surface area (Å²) in [4.78, 5) is 12.3. The summed E-state index contributed by atoms with van der Waals surface area (Å²) < 4.78 is 24.5. The second-order valence-corrected chi connectivity index (χ2v) is 8.91. The minimum absolute atomic E-state index is 0.0362. The Morgan fingerprint density at radius 2 is 1.79 bits per heavy atom. The molecule has 0 bridgehead atoms. The van der Waals surface area contributed by atoms with Crippen molar-refractivity contribution in [1.82, 2.24) is 20.1 Å². The van der Waals surface area contributed by atoms with E-state index in [1.807, 2.05) is 42.7 Å². The molecule has 3 aromatic rings. The number of aryl methyl sites for hydroxylation is 2. The van der Waals surface area contributed by atoms with Gasteiger partial charge in [0.05, 0.1) is 16.3 Å². The summed E-state index contributed by atoms with van der Waals surface area (Å²) in [5.74, 6) is 0.763. The molecule has 3 rings (SSSR count). The third-order valence-corrected chi connectivity index (χ3v) is 6.08. The molecular weight excluding hydrogens is 410 g/mol. The third-order valence-electron chi connectivity index (χ3n) is 4.23. The van der Waals surface area contributed by atoms with Gasteiger partial charge in [0.15, 0.2) is 5.16 Å². The van der Waals surface area contributed by atoms with Gasteiger partial charge in [-0.1, -0.05) is 42.1 Å². The number of carbonyl (C=O) groups is 1. The molecule has 0 aliphatic heterocycles. The van der Waals surface area contributed by atoms with Crippen LogP contribution in [0.15, 0.2) is 58.6 Å². The van der Waals surface area contributed by atoms with Gasteiger partial charge in [0.25, 0.3) is 0 Å². The number of primary sulfonamides is 1. The van der Waals surface area contributed by atoms with E-state index in [2.05, 4.69) is 15.5 Å². The van der Waals surface area contributed by atoms with Crippen LogP contribution in [0, 0.1) is 13.8 Å². The molecule has 0 fully saturated rings. The average Bonchev–Trinajstić information content (AvgIpc) is 3.05. The predicted octanol–water partition coefficient (Wildman–Crippen LogP) is 1.94. The van der Waals surface area contributed by atoms with Gasteiger partial charge in [0.2, 0.25) is 15.9 Å². The van der Waals surface area contributed by atoms with Gasteiger partial charge in [0, 0.05) is 6.54 Å². The van der Waals surface area contributed by atoms with E-state index in [0.717, 1.165) is 22.6 Å². The zero-order valence-electron chi connectivity index (χ0n) is 16.0. The average molecular weight is 432 g/mol. The van der Waals surface area contributed by atoms with Crippen LogP contribution in [0.1, 0.15) is 17.0 Å². The van der Waals surface area contributed by atoms with Crippen LogP contribution in [0.5, 0.6) is 0 Å². The second kappa shape index (κ2) is 8.76. The third kappa shape index (κ3) is 5.22. The molecule has 10 heteroatoms. The maximum Gasteiger partial charge on any atom is 0.238 e. The summed E-state index contributed by atoms with van der Waals surface area (Å²) in [6.45, 7) is 4.17. The molecule has 152 valence electrons. The molecule has 0 unspecified atom stereocenters. The molecule has 2 aromatic carbocycles. The highest BCUT2D eigenvalue weighted by Gasteiger charge is 2.14. The molecular formula is C19H21N5O3S2. The fourth-order valence-corrected chi connectivity index (χ4v) is 4.04. The number of hydrogen-bond donors (Lipinski definition) is 2. The van der Waals surface area contributed by atoms with Crippen molar-refractivity contribution in [3.05, 3.63) is 65.5 Å². The van der Waals surface area contributed by atoms with Crippen LogP contribution in [0.3, 0.4) is 0 Å². The van der Waals surface area contributed by atoms with Crippen molar-refractivity contribution >= 4 is 27.7 Å². The van der Waals surface area contributed by atoms with E-state index in [1.54, 1.807) is 12.1 Å². The predicted molar refractivity (Wildman–Crippen MR) is 111 cm³/mol. The van der Waals surface area contributed by atoms with Crippen LogP contribution < -0.4 is 10.5 Å². The number of benzene rings is 2. The molecule has 29 heavy (non-hydrogen) atoms. The first-order valence-electron chi connectivity index (χ1n) is 8.75. The number of aromatic nitrogens is 3. The first-order valence-corrected chi connectivity index (χ1v) is 11.3. The molecule has 1 aromatic heterocycles. The minimum atomic E-state index is -3.72. The van der Waals surface area contributed by atoms with E-state index in [9.17, 15) is 13.2 Å². The van der Waals surface area contributed by atoms with Gasteiger partial charge in [-0.15, -0.1) is 10.2 Å². The van der Waals surface area contributed by atoms with Gasteiger partial charge in [0.1, 0.15) is 5.82 Å². The zero-order chi connectivity index (χ0) is 21.0. The summed E-state index contributed by atoms with van der Waals surface area (Å²) in [7, 11) is -3.72. The summed E-state index contributed by atoms with van der Waals surface area (Å²) in [6.07, 6.45) is 0. The molecule has 0 atom stereocenters. The topological polar surface area (TPSA) is 120 Å². The fraction of sp³-hybridized carbons (Fsp3) is 0.211. The molecule has 8 nitrogen and oxygen atoms in total. The minimum Gasteiger partial charge on any atom is -0.351 e. The van der Waals surface area contributed by atoms with Gasteiger partial charge in [-0.2, -0.15) is 0 Å². The number of amides is 1. The van der Waals surface area contributed by atoms with E-state index < -0.39 is 10.0 Å². The Bertz CT molecular complexity index is 1130. The lowest BCUT2D eigenvalue weighted by atomic mass is 10.2. The Morgan fingerprint density at radius 1 is 1.10 bits per heavy atom. The summed E-state index contributed by atoms with van der Waals surface area (Å²) in [6, 6.07) is 14.0. The zero-order valence-corrected chi connectivity index (χ0v) is 17.6. The summed E-state index contributed by atoms with van der Waals surface area (Å²) in [5, 5.41) is 16.8. The van der Waals surface area contributed by atoms with Gasteiger partial charge >= 0.3 is 0 Å². The molecule has 0 saturated heterocycles. The Labute approximate surface area is 173 Å². The molecule has 1 heterocycles. The molecule has 3 N–H and O–H groups in total. The Balaban J connectivity index is 1.60. The molecule has 0 radical (unpaired) electrons. The molecule has 0 spiro atoms. The van der Waals surface area contributed by atoms with Crippen LogP contribution in [-0.2, 0) is 21.4 Å². The van der Waals surface area contributed by atoms with Crippen molar-refractivity contribution in [1.29, 1.82) is 0 Å². The van der Waals surface area contributed by atoms with Crippen molar-refractivity contribution in [2.24, 2.45) is 5.14 Å². The molecule has 1 amide bonds. The lowest BCUT2D eigenvalue weighted by molar-refractivity contribution is -0.118. The highest BCUT2D eigenvalue weighted by atomic mass is 32.2. The lowest BCUT2D eigenvalue weighted by Crippen LogP contribution is -2.24. The number of nitrogens with two attached hydrogens (primary N) is 1. The van der Waals surface area contributed by atoms with E-state index in [-0.39, 0.29) is 23.1 Å². The van der Waals surface area contributed by atoms with Gasteiger partial charge in [-0.3, -0.25) is 9.36 Å². The van der Waals surface area contributed by atoms with Gasteiger partial charge in [-0.25, -0.2) is 13.6 Å². The van der Waals surface area contributed by atoms with E-state index in [1.165, 1.54) is 23.9 Å². The smallest absolute Gasteiger partial charge is 0.238 e. The van der Waals surface area contributed by atoms with Crippen LogP contribution in [0.4, 0.5) is 0 Å². The molecule has 0 aliphatic rings. The largest absolute Gasteiger partial charge is 0.351 e. The van der Waals surface area contributed by atoms with E-state index >= 15 is 0 Å².